The van der Waals surface area contributed by atoms with Gasteiger partial charge in [0.2, 0.25) is 0 Å². The Hall–Kier alpha value is -3.39. The second-order valence-electron chi connectivity index (χ2n) is 7.74. The molecule has 7 nitrogen and oxygen atoms in total. The number of carbonyl (C=O) groups excluding carboxylic acids is 1. The van der Waals surface area contributed by atoms with Gasteiger partial charge in [-0.25, -0.2) is 9.97 Å². The molecule has 8 heteroatoms. The Morgan fingerprint density at radius 1 is 1.09 bits per heavy atom. The van der Waals surface area contributed by atoms with Crippen LogP contribution in [0.15, 0.2) is 55.1 Å². The number of amides is 1. The van der Waals surface area contributed by atoms with E-state index in [1.165, 1.54) is 16.9 Å². The summed E-state index contributed by atoms with van der Waals surface area (Å²) in [4.78, 5) is 23.9. The minimum absolute atomic E-state index is 0.0625. The van der Waals surface area contributed by atoms with Crippen LogP contribution in [0.2, 0.25) is 0 Å². The fourth-order valence-corrected chi connectivity index (χ4v) is 4.58. The molecule has 0 fully saturated rings. The van der Waals surface area contributed by atoms with Gasteiger partial charge in [0, 0.05) is 25.5 Å². The van der Waals surface area contributed by atoms with Gasteiger partial charge in [-0.2, -0.15) is 0 Å². The van der Waals surface area contributed by atoms with Gasteiger partial charge in [0.1, 0.15) is 11.5 Å². The molecule has 0 bridgehead atoms. The zero-order valence-electron chi connectivity index (χ0n) is 19.2. The number of carbonyl (C=O) groups is 1. The Balaban J connectivity index is 1.50. The minimum atomic E-state index is -0.122. The Morgan fingerprint density at radius 2 is 1.85 bits per heavy atom. The number of hydrogen-bond acceptors (Lipinski definition) is 6. The molecule has 172 valence electrons. The number of rotatable bonds is 10. The van der Waals surface area contributed by atoms with Gasteiger partial charge in [0.25, 0.3) is 5.91 Å². The average molecular weight is 465 g/mol. The average Bonchev–Trinajstić information content (AvgIpc) is 3.49. The van der Waals surface area contributed by atoms with E-state index in [1.807, 2.05) is 42.0 Å². The van der Waals surface area contributed by atoms with Crippen LogP contribution in [-0.4, -0.2) is 40.2 Å². The van der Waals surface area contributed by atoms with Crippen molar-refractivity contribution in [2.45, 2.75) is 33.7 Å². The maximum atomic E-state index is 13.2. The van der Waals surface area contributed by atoms with Crippen LogP contribution in [0.3, 0.4) is 0 Å². The number of aryl methyl sites for hydroxylation is 3. The first-order valence-electron chi connectivity index (χ1n) is 11.0. The van der Waals surface area contributed by atoms with Gasteiger partial charge in [-0.15, -0.1) is 0 Å². The zero-order chi connectivity index (χ0) is 23.2. The molecule has 2 aromatic heterocycles. The maximum Gasteiger partial charge on any atom is 0.266 e. The highest BCUT2D eigenvalue weighted by molar-refractivity contribution is 7.22. The van der Waals surface area contributed by atoms with Crippen molar-refractivity contribution < 1.29 is 14.3 Å². The summed E-state index contributed by atoms with van der Waals surface area (Å²) in [6, 6.07) is 11.5. The van der Waals surface area contributed by atoms with Gasteiger partial charge in [0.05, 0.1) is 23.2 Å². The van der Waals surface area contributed by atoms with Crippen molar-refractivity contribution in [2.24, 2.45) is 0 Å². The summed E-state index contributed by atoms with van der Waals surface area (Å²) < 4.78 is 14.3. The van der Waals surface area contributed by atoms with E-state index in [-0.39, 0.29) is 12.5 Å². The predicted molar refractivity (Wildman–Crippen MR) is 131 cm³/mol. The van der Waals surface area contributed by atoms with Gasteiger partial charge in [-0.05, 0) is 68.7 Å². The summed E-state index contributed by atoms with van der Waals surface area (Å²) in [5.41, 5.74) is 3.29. The lowest BCUT2D eigenvalue weighted by atomic mass is 10.1. The van der Waals surface area contributed by atoms with E-state index in [2.05, 4.69) is 31.0 Å². The van der Waals surface area contributed by atoms with Crippen LogP contribution in [0.4, 0.5) is 5.13 Å². The normalized spacial score (nSPS) is 11.0. The summed E-state index contributed by atoms with van der Waals surface area (Å²) in [6.45, 7) is 7.94. The number of nitrogens with zero attached hydrogens (tertiary/aromatic N) is 4. The van der Waals surface area contributed by atoms with E-state index in [1.54, 1.807) is 17.4 Å². The fraction of sp³-hybridized carbons (Fsp3) is 0.320. The predicted octanol–water partition coefficient (Wildman–Crippen LogP) is 5.01. The second kappa shape index (κ2) is 10.5. The molecule has 0 aliphatic heterocycles. The number of imidazole rings is 1. The number of benzene rings is 2. The number of anilines is 1. The number of hydrogen-bond donors (Lipinski definition) is 0. The van der Waals surface area contributed by atoms with Crippen LogP contribution in [0, 0.1) is 13.8 Å². The second-order valence-corrected chi connectivity index (χ2v) is 8.75. The molecule has 2 aromatic carbocycles. The monoisotopic (exact) mass is 464 g/mol. The first-order valence-corrected chi connectivity index (χ1v) is 11.9. The number of thiazole rings is 1. The van der Waals surface area contributed by atoms with E-state index in [4.69, 9.17) is 14.5 Å². The van der Waals surface area contributed by atoms with Crippen molar-refractivity contribution in [1.82, 2.24) is 14.5 Å². The molecule has 33 heavy (non-hydrogen) atoms. The van der Waals surface area contributed by atoms with Crippen LogP contribution in [-0.2, 0) is 11.3 Å². The Bertz CT molecular complexity index is 1200. The standard InChI is InChI=1S/C25H28N4O3S/c1-4-31-20-7-9-21(10-8-20)32-16-23(30)29(14-5-13-28-15-12-26-17-28)25-27-24-19(3)18(2)6-11-22(24)33-25/h6-12,15,17H,4-5,13-14,16H2,1-3H3. The molecule has 4 aromatic rings. The molecule has 0 saturated carbocycles. The molecule has 0 unspecified atom stereocenters. The fourth-order valence-electron chi connectivity index (χ4n) is 3.51. The lowest BCUT2D eigenvalue weighted by Crippen LogP contribution is -2.36. The lowest BCUT2D eigenvalue weighted by Gasteiger charge is -2.20. The van der Waals surface area contributed by atoms with Gasteiger partial charge >= 0.3 is 0 Å². The van der Waals surface area contributed by atoms with Crippen LogP contribution >= 0.6 is 11.3 Å². The van der Waals surface area contributed by atoms with Crippen molar-refractivity contribution in [3.05, 3.63) is 66.2 Å². The molecule has 0 N–H and O–H groups in total. The molecule has 4 rings (SSSR count). The quantitative estimate of drug-likeness (QED) is 0.330. The van der Waals surface area contributed by atoms with Crippen LogP contribution in [0.1, 0.15) is 24.5 Å². The van der Waals surface area contributed by atoms with Crippen LogP contribution in [0.25, 0.3) is 10.2 Å². The molecule has 0 aliphatic carbocycles. The highest BCUT2D eigenvalue weighted by Crippen LogP contribution is 2.32. The number of ether oxygens (including phenoxy) is 2. The topological polar surface area (TPSA) is 69.5 Å². The highest BCUT2D eigenvalue weighted by atomic mass is 32.1. The molecular formula is C25H28N4O3S. The van der Waals surface area contributed by atoms with Crippen molar-refractivity contribution in [3.8, 4) is 11.5 Å². The van der Waals surface area contributed by atoms with Crippen molar-refractivity contribution in [3.63, 3.8) is 0 Å². The van der Waals surface area contributed by atoms with Crippen molar-refractivity contribution >= 4 is 32.6 Å². The Labute approximate surface area is 197 Å². The molecule has 1 amide bonds. The van der Waals surface area contributed by atoms with Gasteiger partial charge in [-0.1, -0.05) is 17.4 Å². The summed E-state index contributed by atoms with van der Waals surface area (Å²) in [5.74, 6) is 1.28. The first-order chi connectivity index (χ1) is 16.0. The molecule has 0 atom stereocenters. The van der Waals surface area contributed by atoms with E-state index < -0.39 is 0 Å². The third-order valence-electron chi connectivity index (χ3n) is 5.46. The molecule has 0 saturated heterocycles. The lowest BCUT2D eigenvalue weighted by molar-refractivity contribution is -0.120. The summed E-state index contributed by atoms with van der Waals surface area (Å²) in [7, 11) is 0. The van der Waals surface area contributed by atoms with Crippen LogP contribution < -0.4 is 14.4 Å². The number of aromatic nitrogens is 3. The first kappa shape index (κ1) is 22.8. The summed E-state index contributed by atoms with van der Waals surface area (Å²) in [5, 5.41) is 0.699. The summed E-state index contributed by atoms with van der Waals surface area (Å²) >= 11 is 1.54. The molecule has 2 heterocycles. The van der Waals surface area contributed by atoms with Crippen LogP contribution in [0.5, 0.6) is 11.5 Å². The number of fused-ring (bicyclic) bond motifs is 1. The van der Waals surface area contributed by atoms with Gasteiger partial charge < -0.3 is 14.0 Å². The van der Waals surface area contributed by atoms with E-state index in [0.717, 1.165) is 34.5 Å². The third kappa shape index (κ3) is 5.51. The molecular weight excluding hydrogens is 436 g/mol. The summed E-state index contributed by atoms with van der Waals surface area (Å²) in [6.07, 6.45) is 6.24. The molecule has 0 radical (unpaired) electrons. The minimum Gasteiger partial charge on any atom is -0.494 e. The smallest absolute Gasteiger partial charge is 0.266 e. The molecule has 0 aliphatic rings. The van der Waals surface area contributed by atoms with Gasteiger partial charge in [0.15, 0.2) is 11.7 Å². The highest BCUT2D eigenvalue weighted by Gasteiger charge is 2.21. The van der Waals surface area contributed by atoms with Gasteiger partial charge in [-0.3, -0.25) is 9.69 Å². The third-order valence-corrected chi connectivity index (χ3v) is 6.50. The van der Waals surface area contributed by atoms with Crippen molar-refractivity contribution in [2.75, 3.05) is 24.7 Å². The zero-order valence-corrected chi connectivity index (χ0v) is 20.0. The Kier molecular flexibility index (Phi) is 7.24. The molecule has 0 spiro atoms. The Morgan fingerprint density at radius 3 is 2.55 bits per heavy atom. The van der Waals surface area contributed by atoms with E-state index in [9.17, 15) is 4.79 Å². The van der Waals surface area contributed by atoms with E-state index in [0.29, 0.717) is 24.0 Å². The SMILES string of the molecule is CCOc1ccc(OCC(=O)N(CCCn2ccnc2)c2nc3c(C)c(C)ccc3s2)cc1. The maximum absolute atomic E-state index is 13.2. The largest absolute Gasteiger partial charge is 0.494 e. The van der Waals surface area contributed by atoms with E-state index >= 15 is 0 Å². The van der Waals surface area contributed by atoms with Crippen molar-refractivity contribution in [1.29, 1.82) is 0 Å².